The molecule has 6 heteroatoms. The van der Waals surface area contributed by atoms with Crippen molar-refractivity contribution in [3.63, 3.8) is 0 Å². The second-order valence-electron chi connectivity index (χ2n) is 3.01. The molecular weight excluding hydrogens is 243 g/mol. The van der Waals surface area contributed by atoms with Gasteiger partial charge in [0, 0.05) is 5.56 Å². The summed E-state index contributed by atoms with van der Waals surface area (Å²) in [5.41, 5.74) is -0.766. The second kappa shape index (κ2) is 6.13. The van der Waals surface area contributed by atoms with Crippen molar-refractivity contribution < 1.29 is 24.3 Å². The Balaban J connectivity index is 3.22. The fourth-order valence-corrected chi connectivity index (χ4v) is 2.18. The van der Waals surface area contributed by atoms with Gasteiger partial charge in [0.15, 0.2) is 7.77 Å². The summed E-state index contributed by atoms with van der Waals surface area (Å²) in [7, 11) is -2.72. The van der Waals surface area contributed by atoms with Gasteiger partial charge in [0.1, 0.15) is 0 Å². The van der Waals surface area contributed by atoms with Gasteiger partial charge in [0.2, 0.25) is 5.29 Å². The van der Waals surface area contributed by atoms with Gasteiger partial charge in [0.05, 0.1) is 6.61 Å². The van der Waals surface area contributed by atoms with E-state index in [2.05, 4.69) is 4.74 Å². The topological polar surface area (TPSA) is 86.7 Å². The first-order valence-electron chi connectivity index (χ1n) is 4.87. The molecule has 0 saturated carbocycles. The van der Waals surface area contributed by atoms with E-state index in [1.54, 1.807) is 25.1 Å². The number of aliphatic carboxylic acids is 1. The molecule has 5 nitrogen and oxygen atoms in total. The van der Waals surface area contributed by atoms with Crippen molar-refractivity contribution in [2.45, 2.75) is 6.92 Å². The smallest absolute Gasteiger partial charge is 0.507 e. The van der Waals surface area contributed by atoms with Crippen LogP contribution in [0.4, 0.5) is 4.79 Å². The minimum absolute atomic E-state index is 0.0571. The predicted octanol–water partition coefficient (Wildman–Crippen LogP) is 1.21. The maximum atomic E-state index is 11.7. The van der Waals surface area contributed by atoms with Crippen LogP contribution in [0.25, 0.3) is 0 Å². The molecule has 0 spiro atoms. The van der Waals surface area contributed by atoms with E-state index in [4.69, 9.17) is 5.11 Å². The molecule has 1 aromatic rings. The molecule has 0 heterocycles. The Labute approximate surface area is 99.1 Å². The van der Waals surface area contributed by atoms with Crippen LogP contribution in [-0.2, 0) is 9.53 Å². The van der Waals surface area contributed by atoms with Gasteiger partial charge in [-0.05, 0) is 6.92 Å². The molecule has 90 valence electrons. The quantitative estimate of drug-likeness (QED) is 0.816. The molecule has 1 unspecified atom stereocenters. The van der Waals surface area contributed by atoms with Gasteiger partial charge < -0.3 is 14.7 Å². The van der Waals surface area contributed by atoms with Gasteiger partial charge in [-0.1, -0.05) is 30.3 Å². The number of carbonyl (C=O) groups is 2. The molecule has 0 aliphatic heterocycles. The first kappa shape index (κ1) is 13.4. The van der Waals surface area contributed by atoms with E-state index in [0.29, 0.717) is 0 Å². The van der Waals surface area contributed by atoms with Crippen LogP contribution in [0.1, 0.15) is 12.5 Å². The summed E-state index contributed by atoms with van der Waals surface area (Å²) in [4.78, 5) is 34.0. The van der Waals surface area contributed by atoms with Crippen LogP contribution in [0.5, 0.6) is 0 Å². The maximum absolute atomic E-state index is 11.7. The molecule has 0 radical (unpaired) electrons. The largest absolute Gasteiger partial charge is 0.620 e. The molecule has 0 aliphatic carbocycles. The number of carbonyl (C=O) groups excluding carboxylic acids is 1. The molecule has 0 amide bonds. The summed E-state index contributed by atoms with van der Waals surface area (Å²) >= 11 is 0. The van der Waals surface area contributed by atoms with Gasteiger partial charge in [-0.25, -0.2) is 4.79 Å². The molecule has 17 heavy (non-hydrogen) atoms. The maximum Gasteiger partial charge on any atom is 0.507 e. The highest BCUT2D eigenvalue weighted by Crippen LogP contribution is 2.22. The van der Waals surface area contributed by atoms with Gasteiger partial charge in [-0.15, -0.1) is 0 Å². The third kappa shape index (κ3) is 3.37. The van der Waals surface area contributed by atoms with Crippen LogP contribution in [0.3, 0.4) is 0 Å². The third-order valence-electron chi connectivity index (χ3n) is 1.89. The molecule has 1 aromatic carbocycles. The second-order valence-corrected chi connectivity index (χ2v) is 4.41. The lowest BCUT2D eigenvalue weighted by Gasteiger charge is -2.02. The van der Waals surface area contributed by atoms with Gasteiger partial charge in [0.25, 0.3) is 0 Å². The summed E-state index contributed by atoms with van der Waals surface area (Å²) in [5, 5.41) is 8.55. The number of hydrogen-bond acceptors (Lipinski definition) is 4. The minimum atomic E-state index is -2.72. The lowest BCUT2D eigenvalue weighted by molar-refractivity contribution is -0.151. The Morgan fingerprint density at radius 2 is 1.94 bits per heavy atom. The standard InChI is InChI=1S/C11H11O5P/c1-2-16-11(14)17(15)9(10(12)13)8-6-4-3-5-7-8/h3-7H,2H2,1H3,(H,12,13). The Morgan fingerprint density at radius 1 is 1.35 bits per heavy atom. The first-order chi connectivity index (χ1) is 8.07. The Bertz CT molecular complexity index is 452. The zero-order valence-electron chi connectivity index (χ0n) is 9.12. The highest BCUT2D eigenvalue weighted by Gasteiger charge is 2.28. The van der Waals surface area contributed by atoms with Gasteiger partial charge in [-0.3, -0.25) is 0 Å². The minimum Gasteiger partial charge on any atom is -0.620 e. The van der Waals surface area contributed by atoms with Crippen LogP contribution >= 0.6 is 7.77 Å². The highest BCUT2D eigenvalue weighted by atomic mass is 31.1. The zero-order chi connectivity index (χ0) is 12.8. The average molecular weight is 254 g/mol. The molecule has 0 aliphatic rings. The van der Waals surface area contributed by atoms with Crippen molar-refractivity contribution in [1.82, 2.24) is 0 Å². The van der Waals surface area contributed by atoms with Gasteiger partial charge >= 0.3 is 11.7 Å². The van der Waals surface area contributed by atoms with Crippen molar-refractivity contribution in [2.24, 2.45) is 0 Å². The highest BCUT2D eigenvalue weighted by molar-refractivity contribution is 7.70. The zero-order valence-corrected chi connectivity index (χ0v) is 10.0. The molecule has 1 atom stereocenters. The van der Waals surface area contributed by atoms with Crippen LogP contribution in [-0.4, -0.2) is 28.7 Å². The van der Waals surface area contributed by atoms with Crippen molar-refractivity contribution in [3.8, 4) is 0 Å². The third-order valence-corrected chi connectivity index (χ3v) is 3.20. The summed E-state index contributed by atoms with van der Waals surface area (Å²) < 4.78 is 4.55. The Hall–Kier alpha value is -1.71. The average Bonchev–Trinajstić information content (AvgIpc) is 2.30. The lowest BCUT2D eigenvalue weighted by atomic mass is 10.1. The summed E-state index contributed by atoms with van der Waals surface area (Å²) in [6.45, 7) is 1.62. The monoisotopic (exact) mass is 254 g/mol. The van der Waals surface area contributed by atoms with Crippen molar-refractivity contribution in [2.75, 3.05) is 6.61 Å². The predicted molar refractivity (Wildman–Crippen MR) is 62.1 cm³/mol. The van der Waals surface area contributed by atoms with E-state index < -0.39 is 24.7 Å². The van der Waals surface area contributed by atoms with Crippen molar-refractivity contribution in [1.29, 1.82) is 0 Å². The number of carboxylic acids is 1. The number of benzene rings is 1. The number of rotatable bonds is 4. The molecular formula is C11H11O5P. The number of ether oxygens (including phenoxy) is 1. The Morgan fingerprint density at radius 3 is 2.41 bits per heavy atom. The molecule has 1 rings (SSSR count). The molecule has 0 bridgehead atoms. The van der Waals surface area contributed by atoms with Crippen molar-refractivity contribution >= 4 is 24.7 Å². The normalized spacial score (nSPS) is 11.6. The summed E-state index contributed by atoms with van der Waals surface area (Å²) in [6, 6.07) is 7.87. The van der Waals surface area contributed by atoms with E-state index >= 15 is 0 Å². The Kier molecular flexibility index (Phi) is 4.82. The first-order valence-corrected chi connectivity index (χ1v) is 6.13. The van der Waals surface area contributed by atoms with E-state index in [0.717, 1.165) is 0 Å². The molecule has 0 aromatic heterocycles. The molecule has 1 N–H and O–H groups in total. The van der Waals surface area contributed by atoms with E-state index in [1.165, 1.54) is 12.1 Å². The molecule has 0 saturated heterocycles. The van der Waals surface area contributed by atoms with Crippen LogP contribution < -0.4 is 4.89 Å². The number of carboxylic acid groups (broad SMARTS) is 1. The van der Waals surface area contributed by atoms with Crippen molar-refractivity contribution in [3.05, 3.63) is 35.9 Å². The van der Waals surface area contributed by atoms with E-state index in [-0.39, 0.29) is 12.2 Å². The SMILES string of the molecule is CCOC(=O)[P+]([O-])=C(C(=O)O)c1ccccc1. The summed E-state index contributed by atoms with van der Waals surface area (Å²) in [6.07, 6.45) is 0. The van der Waals surface area contributed by atoms with Crippen LogP contribution in [0, 0.1) is 0 Å². The van der Waals surface area contributed by atoms with E-state index in [9.17, 15) is 14.5 Å². The summed E-state index contributed by atoms with van der Waals surface area (Å²) in [5.74, 6) is -1.38. The lowest BCUT2D eigenvalue weighted by Crippen LogP contribution is -2.20. The fraction of sp³-hybridized carbons (Fsp3) is 0.182. The fourth-order valence-electron chi connectivity index (χ4n) is 1.20. The molecule has 0 fully saturated rings. The number of hydrogen-bond donors (Lipinski definition) is 1. The van der Waals surface area contributed by atoms with Crippen LogP contribution in [0.2, 0.25) is 0 Å². The van der Waals surface area contributed by atoms with Gasteiger partial charge in [-0.2, -0.15) is 4.79 Å². The van der Waals surface area contributed by atoms with Crippen LogP contribution in [0.15, 0.2) is 30.3 Å². The van der Waals surface area contributed by atoms with E-state index in [1.807, 2.05) is 0 Å².